The maximum absolute atomic E-state index is 10.5. The topological polar surface area (TPSA) is 38.7 Å². The minimum Gasteiger partial charge on any atom is -0.402 e. The van der Waals surface area contributed by atoms with Crippen molar-refractivity contribution in [3.05, 3.63) is 60.7 Å². The lowest BCUT2D eigenvalue weighted by atomic mass is 10.1. The highest BCUT2D eigenvalue weighted by atomic mass is 28.4. The first kappa shape index (κ1) is 18.3. The second kappa shape index (κ2) is 7.42. The highest BCUT2D eigenvalue weighted by Gasteiger charge is 2.52. The largest absolute Gasteiger partial charge is 0.402 e. The molecule has 25 heavy (non-hydrogen) atoms. The number of aliphatic hydroxyl groups excluding tert-OH is 1. The average molecular weight is 357 g/mol. The van der Waals surface area contributed by atoms with Crippen LogP contribution in [0.25, 0.3) is 0 Å². The maximum Gasteiger partial charge on any atom is 0.261 e. The van der Waals surface area contributed by atoms with E-state index in [0.717, 1.165) is 6.42 Å². The van der Waals surface area contributed by atoms with Crippen molar-refractivity contribution in [3.63, 3.8) is 0 Å². The fourth-order valence-electron chi connectivity index (χ4n) is 3.76. The normalized spacial score (nSPS) is 21.9. The molecule has 2 atom stereocenters. The van der Waals surface area contributed by atoms with Crippen LogP contribution in [0.3, 0.4) is 0 Å². The van der Waals surface area contributed by atoms with Gasteiger partial charge in [0.2, 0.25) is 0 Å². The standard InChI is InChI=1S/C21H28O3Si/c1-21(2,3)25(17-10-6-4-7-11-17,18-12-8-5-9-13-18)24-20-14-15-23-16-19(20)22/h4-13,19-20,22H,14-16H2,1-3H3/t19-,20+/m1/s1. The molecule has 1 fully saturated rings. The molecule has 1 saturated heterocycles. The molecule has 1 aliphatic heterocycles. The van der Waals surface area contributed by atoms with Gasteiger partial charge in [-0.25, -0.2) is 0 Å². The van der Waals surface area contributed by atoms with Crippen molar-refractivity contribution in [1.29, 1.82) is 0 Å². The Morgan fingerprint density at radius 1 is 0.960 bits per heavy atom. The zero-order valence-corrected chi connectivity index (χ0v) is 16.3. The number of ether oxygens (including phenoxy) is 1. The third-order valence-electron chi connectivity index (χ3n) is 5.01. The summed E-state index contributed by atoms with van der Waals surface area (Å²) in [5.41, 5.74) is 0. The van der Waals surface area contributed by atoms with Crippen LogP contribution in [-0.4, -0.2) is 38.8 Å². The number of aliphatic hydroxyl groups is 1. The summed E-state index contributed by atoms with van der Waals surface area (Å²) in [6.07, 6.45) is -0.0403. The van der Waals surface area contributed by atoms with Gasteiger partial charge in [-0.15, -0.1) is 0 Å². The van der Waals surface area contributed by atoms with Gasteiger partial charge in [0, 0.05) is 6.61 Å². The van der Waals surface area contributed by atoms with Gasteiger partial charge in [0.15, 0.2) is 0 Å². The number of benzene rings is 2. The van der Waals surface area contributed by atoms with Crippen LogP contribution in [0.4, 0.5) is 0 Å². The third kappa shape index (κ3) is 3.58. The van der Waals surface area contributed by atoms with Crippen molar-refractivity contribution in [1.82, 2.24) is 0 Å². The molecule has 0 spiro atoms. The lowest BCUT2D eigenvalue weighted by molar-refractivity contribution is -0.0784. The van der Waals surface area contributed by atoms with Gasteiger partial charge < -0.3 is 14.3 Å². The first-order chi connectivity index (χ1) is 11.9. The Kier molecular flexibility index (Phi) is 5.44. The molecule has 4 heteroatoms. The summed E-state index contributed by atoms with van der Waals surface area (Å²) in [5.74, 6) is 0. The van der Waals surface area contributed by atoms with Gasteiger partial charge in [-0.05, 0) is 21.8 Å². The van der Waals surface area contributed by atoms with Crippen LogP contribution in [0.1, 0.15) is 27.2 Å². The Balaban J connectivity index is 2.15. The van der Waals surface area contributed by atoms with Gasteiger partial charge in [-0.1, -0.05) is 81.4 Å². The molecule has 0 aliphatic carbocycles. The van der Waals surface area contributed by atoms with Crippen LogP contribution < -0.4 is 10.4 Å². The summed E-state index contributed by atoms with van der Waals surface area (Å²) in [6.45, 7) is 7.75. The summed E-state index contributed by atoms with van der Waals surface area (Å²) >= 11 is 0. The van der Waals surface area contributed by atoms with Gasteiger partial charge in [-0.3, -0.25) is 0 Å². The molecule has 0 unspecified atom stereocenters. The Bertz CT molecular complexity index is 627. The van der Waals surface area contributed by atoms with Crippen molar-refractivity contribution in [2.45, 2.75) is 44.4 Å². The van der Waals surface area contributed by atoms with Crippen LogP contribution in [0, 0.1) is 0 Å². The molecule has 134 valence electrons. The highest BCUT2D eigenvalue weighted by Crippen LogP contribution is 2.38. The smallest absolute Gasteiger partial charge is 0.261 e. The summed E-state index contributed by atoms with van der Waals surface area (Å²) in [5, 5.41) is 12.9. The predicted octanol–water partition coefficient (Wildman–Crippen LogP) is 2.71. The molecule has 0 bridgehead atoms. The van der Waals surface area contributed by atoms with Crippen molar-refractivity contribution >= 4 is 18.7 Å². The molecule has 1 heterocycles. The molecule has 0 radical (unpaired) electrons. The Hall–Kier alpha value is -1.46. The molecule has 0 aromatic heterocycles. The van der Waals surface area contributed by atoms with Crippen molar-refractivity contribution in [3.8, 4) is 0 Å². The quantitative estimate of drug-likeness (QED) is 0.856. The molecule has 1 aliphatic rings. The van der Waals surface area contributed by atoms with Gasteiger partial charge in [0.1, 0.15) is 6.10 Å². The SMILES string of the molecule is CC(C)(C)[Si](O[C@H]1CCOC[C@H]1O)(c1ccccc1)c1ccccc1. The van der Waals surface area contributed by atoms with Crippen LogP contribution in [0.15, 0.2) is 60.7 Å². The monoisotopic (exact) mass is 356 g/mol. The summed E-state index contributed by atoms with van der Waals surface area (Å²) in [7, 11) is -2.59. The Morgan fingerprint density at radius 3 is 1.92 bits per heavy atom. The van der Waals surface area contributed by atoms with Crippen LogP contribution >= 0.6 is 0 Å². The van der Waals surface area contributed by atoms with E-state index >= 15 is 0 Å². The van der Waals surface area contributed by atoms with Gasteiger partial charge in [0.25, 0.3) is 8.32 Å². The Morgan fingerprint density at radius 2 is 1.48 bits per heavy atom. The van der Waals surface area contributed by atoms with Crippen molar-refractivity contribution in [2.24, 2.45) is 0 Å². The van der Waals surface area contributed by atoms with E-state index < -0.39 is 14.4 Å². The lowest BCUT2D eigenvalue weighted by Gasteiger charge is -2.46. The molecular weight excluding hydrogens is 328 g/mol. The average Bonchev–Trinajstić information content (AvgIpc) is 2.61. The maximum atomic E-state index is 10.5. The molecule has 3 rings (SSSR count). The van der Waals surface area contributed by atoms with Crippen LogP contribution in [0.2, 0.25) is 5.04 Å². The Labute approximate surface area is 151 Å². The van der Waals surface area contributed by atoms with Gasteiger partial charge in [-0.2, -0.15) is 0 Å². The fourth-order valence-corrected chi connectivity index (χ4v) is 8.50. The summed E-state index contributed by atoms with van der Waals surface area (Å²) < 4.78 is 12.3. The molecule has 2 aromatic rings. The second-order valence-corrected chi connectivity index (χ2v) is 12.0. The molecular formula is C21H28O3Si. The summed E-state index contributed by atoms with van der Waals surface area (Å²) in [4.78, 5) is 0. The van der Waals surface area contributed by atoms with Crippen LogP contribution in [-0.2, 0) is 9.16 Å². The van der Waals surface area contributed by atoms with E-state index in [4.69, 9.17) is 9.16 Å². The van der Waals surface area contributed by atoms with E-state index in [9.17, 15) is 5.11 Å². The molecule has 0 saturated carbocycles. The van der Waals surface area contributed by atoms with Gasteiger partial charge in [0.05, 0.1) is 12.7 Å². The van der Waals surface area contributed by atoms with Crippen molar-refractivity contribution in [2.75, 3.05) is 13.2 Å². The minimum absolute atomic E-state index is 0.0757. The summed E-state index contributed by atoms with van der Waals surface area (Å²) in [6, 6.07) is 21.1. The number of hydrogen-bond donors (Lipinski definition) is 1. The molecule has 2 aromatic carbocycles. The van der Waals surface area contributed by atoms with Crippen LogP contribution in [0.5, 0.6) is 0 Å². The number of hydrogen-bond acceptors (Lipinski definition) is 3. The zero-order chi connectivity index (χ0) is 17.9. The first-order valence-corrected chi connectivity index (χ1v) is 10.9. The van der Waals surface area contributed by atoms with E-state index in [2.05, 4.69) is 69.3 Å². The number of rotatable bonds is 4. The van der Waals surface area contributed by atoms with E-state index in [1.54, 1.807) is 0 Å². The highest BCUT2D eigenvalue weighted by molar-refractivity contribution is 6.99. The first-order valence-electron chi connectivity index (χ1n) is 9.00. The van der Waals surface area contributed by atoms with E-state index in [0.29, 0.717) is 13.2 Å². The van der Waals surface area contributed by atoms with E-state index in [1.807, 2.05) is 12.1 Å². The lowest BCUT2D eigenvalue weighted by Crippen LogP contribution is -2.69. The predicted molar refractivity (Wildman–Crippen MR) is 104 cm³/mol. The zero-order valence-electron chi connectivity index (χ0n) is 15.3. The minimum atomic E-state index is -2.59. The third-order valence-corrected chi connectivity index (χ3v) is 10.1. The van der Waals surface area contributed by atoms with Gasteiger partial charge >= 0.3 is 0 Å². The fraction of sp³-hybridized carbons (Fsp3) is 0.429. The van der Waals surface area contributed by atoms with Crippen molar-refractivity contribution < 1.29 is 14.3 Å². The molecule has 3 nitrogen and oxygen atoms in total. The van der Waals surface area contributed by atoms with E-state index in [-0.39, 0.29) is 11.1 Å². The second-order valence-electron chi connectivity index (χ2n) is 7.75. The van der Waals surface area contributed by atoms with E-state index in [1.165, 1.54) is 10.4 Å². The molecule has 0 amide bonds. The molecule has 1 N–H and O–H groups in total.